The van der Waals surface area contributed by atoms with Crippen LogP contribution in [0, 0.1) is 18.7 Å². The van der Waals surface area contributed by atoms with E-state index in [1.54, 1.807) is 42.2 Å². The van der Waals surface area contributed by atoms with E-state index in [-0.39, 0.29) is 11.5 Å². The molecule has 7 heteroatoms. The maximum Gasteiger partial charge on any atom is 0.306 e. The molecule has 0 radical (unpaired) electrons. The molecule has 146 valence electrons. The molecule has 1 aliphatic heterocycles. The average molecular weight is 384 g/mol. The highest BCUT2D eigenvalue weighted by Crippen LogP contribution is 2.20. The normalized spacial score (nSPS) is 14.6. The molecule has 0 aliphatic carbocycles. The number of hydrogen-bond donors (Lipinski definition) is 2. The van der Waals surface area contributed by atoms with E-state index in [0.717, 1.165) is 5.56 Å². The third-order valence-corrected chi connectivity index (χ3v) is 4.89. The maximum atomic E-state index is 13.8. The number of piperidine rings is 1. The van der Waals surface area contributed by atoms with Gasteiger partial charge in [-0.3, -0.25) is 14.4 Å². The molecule has 2 N–H and O–H groups in total. The second-order valence-electron chi connectivity index (χ2n) is 6.92. The number of nitrogens with one attached hydrogen (secondary N) is 1. The summed E-state index contributed by atoms with van der Waals surface area (Å²) in [5, 5.41) is 11.7. The number of aliphatic carboxylic acids is 1. The van der Waals surface area contributed by atoms with E-state index in [4.69, 9.17) is 5.11 Å². The summed E-state index contributed by atoms with van der Waals surface area (Å²) in [5.74, 6) is -2.55. The molecule has 2 aromatic carbocycles. The molecule has 1 saturated heterocycles. The highest BCUT2D eigenvalue weighted by atomic mass is 19.1. The van der Waals surface area contributed by atoms with E-state index < -0.39 is 23.6 Å². The first-order valence-electron chi connectivity index (χ1n) is 9.05. The molecule has 28 heavy (non-hydrogen) atoms. The van der Waals surface area contributed by atoms with E-state index in [1.165, 1.54) is 12.1 Å². The van der Waals surface area contributed by atoms with Crippen molar-refractivity contribution in [3.63, 3.8) is 0 Å². The Balaban J connectivity index is 1.63. The Morgan fingerprint density at radius 3 is 2.32 bits per heavy atom. The van der Waals surface area contributed by atoms with Crippen LogP contribution in [0.4, 0.5) is 10.1 Å². The Hall–Kier alpha value is -3.22. The Labute approximate surface area is 162 Å². The summed E-state index contributed by atoms with van der Waals surface area (Å²) in [7, 11) is 0. The lowest BCUT2D eigenvalue weighted by Gasteiger charge is -2.30. The van der Waals surface area contributed by atoms with Crippen molar-refractivity contribution in [2.75, 3.05) is 18.4 Å². The number of amides is 2. The average Bonchev–Trinajstić information content (AvgIpc) is 2.70. The van der Waals surface area contributed by atoms with Crippen molar-refractivity contribution in [3.05, 3.63) is 65.0 Å². The van der Waals surface area contributed by atoms with E-state index in [1.807, 2.05) is 0 Å². The number of nitrogens with zero attached hydrogens (tertiary/aromatic N) is 1. The van der Waals surface area contributed by atoms with Gasteiger partial charge in [-0.05, 0) is 56.2 Å². The number of hydrogen-bond acceptors (Lipinski definition) is 3. The fraction of sp³-hybridized carbons (Fsp3) is 0.286. The predicted octanol–water partition coefficient (Wildman–Crippen LogP) is 3.32. The third-order valence-electron chi connectivity index (χ3n) is 4.89. The number of aryl methyl sites for hydroxylation is 1. The van der Waals surface area contributed by atoms with Gasteiger partial charge in [-0.1, -0.05) is 11.6 Å². The van der Waals surface area contributed by atoms with Crippen molar-refractivity contribution in [1.82, 2.24) is 4.90 Å². The van der Waals surface area contributed by atoms with E-state index in [0.29, 0.717) is 37.2 Å². The lowest BCUT2D eigenvalue weighted by molar-refractivity contribution is -0.143. The van der Waals surface area contributed by atoms with Crippen LogP contribution in [0.15, 0.2) is 42.5 Å². The molecule has 1 heterocycles. The highest BCUT2D eigenvalue weighted by Gasteiger charge is 2.27. The van der Waals surface area contributed by atoms with Crippen LogP contribution in [0.25, 0.3) is 0 Å². The maximum absolute atomic E-state index is 13.8. The summed E-state index contributed by atoms with van der Waals surface area (Å²) < 4.78 is 13.8. The van der Waals surface area contributed by atoms with Crippen molar-refractivity contribution < 1.29 is 23.9 Å². The monoisotopic (exact) mass is 384 g/mol. The number of carbonyl (C=O) groups excluding carboxylic acids is 2. The minimum absolute atomic E-state index is 0.0403. The fourth-order valence-electron chi connectivity index (χ4n) is 3.22. The summed E-state index contributed by atoms with van der Waals surface area (Å²) in [6, 6.07) is 10.7. The van der Waals surface area contributed by atoms with Crippen molar-refractivity contribution in [2.24, 2.45) is 5.92 Å². The standard InChI is InChI=1S/C21H21FN2O4/c1-13-2-7-18(22)17(12-13)19(25)23-16-5-3-14(4-6-16)20(26)24-10-8-15(9-11-24)21(27)28/h2-7,12,15H,8-11H2,1H3,(H,23,25)(H,27,28). The number of likely N-dealkylation sites (tertiary alicyclic amines) is 1. The molecule has 6 nitrogen and oxygen atoms in total. The van der Waals surface area contributed by atoms with Crippen LogP contribution in [0.3, 0.4) is 0 Å². The summed E-state index contributed by atoms with van der Waals surface area (Å²) in [5.41, 5.74) is 1.64. The zero-order chi connectivity index (χ0) is 20.3. The Morgan fingerprint density at radius 1 is 1.07 bits per heavy atom. The van der Waals surface area contributed by atoms with Gasteiger partial charge in [0.15, 0.2) is 0 Å². The second kappa shape index (κ2) is 8.21. The molecule has 0 saturated carbocycles. The van der Waals surface area contributed by atoms with Crippen LogP contribution >= 0.6 is 0 Å². The first kappa shape index (κ1) is 19.5. The van der Waals surface area contributed by atoms with Gasteiger partial charge in [-0.25, -0.2) is 4.39 Å². The molecule has 2 aromatic rings. The summed E-state index contributed by atoms with van der Waals surface area (Å²) in [4.78, 5) is 37.5. The quantitative estimate of drug-likeness (QED) is 0.847. The Morgan fingerprint density at radius 2 is 1.71 bits per heavy atom. The molecular formula is C21H21FN2O4. The molecule has 0 aromatic heterocycles. The lowest BCUT2D eigenvalue weighted by Crippen LogP contribution is -2.40. The first-order chi connectivity index (χ1) is 13.3. The van der Waals surface area contributed by atoms with Gasteiger partial charge < -0.3 is 15.3 Å². The van der Waals surface area contributed by atoms with Gasteiger partial charge in [0.2, 0.25) is 0 Å². The van der Waals surface area contributed by atoms with Crippen LogP contribution in [-0.2, 0) is 4.79 Å². The van der Waals surface area contributed by atoms with Gasteiger partial charge in [-0.2, -0.15) is 0 Å². The Bertz CT molecular complexity index is 903. The van der Waals surface area contributed by atoms with Gasteiger partial charge in [0.05, 0.1) is 11.5 Å². The van der Waals surface area contributed by atoms with E-state index >= 15 is 0 Å². The summed E-state index contributed by atoms with van der Waals surface area (Å²) >= 11 is 0. The van der Waals surface area contributed by atoms with Gasteiger partial charge in [0.1, 0.15) is 5.82 Å². The molecule has 0 spiro atoms. The van der Waals surface area contributed by atoms with Crippen LogP contribution < -0.4 is 5.32 Å². The molecule has 1 aliphatic rings. The first-order valence-corrected chi connectivity index (χ1v) is 9.05. The van der Waals surface area contributed by atoms with Crippen LogP contribution in [0.5, 0.6) is 0 Å². The fourth-order valence-corrected chi connectivity index (χ4v) is 3.22. The highest BCUT2D eigenvalue weighted by molar-refractivity contribution is 6.05. The third kappa shape index (κ3) is 4.36. The number of carbonyl (C=O) groups is 3. The number of halogens is 1. The summed E-state index contributed by atoms with van der Waals surface area (Å²) in [6.07, 6.45) is 0.883. The van der Waals surface area contributed by atoms with Crippen molar-refractivity contribution >= 4 is 23.5 Å². The molecule has 0 bridgehead atoms. The van der Waals surface area contributed by atoms with Gasteiger partial charge >= 0.3 is 5.97 Å². The number of rotatable bonds is 4. The molecule has 0 atom stereocenters. The van der Waals surface area contributed by atoms with Crippen molar-refractivity contribution in [3.8, 4) is 0 Å². The minimum atomic E-state index is -0.822. The number of carboxylic acid groups (broad SMARTS) is 1. The SMILES string of the molecule is Cc1ccc(F)c(C(=O)Nc2ccc(C(=O)N3CCC(C(=O)O)CC3)cc2)c1. The van der Waals surface area contributed by atoms with Crippen molar-refractivity contribution in [2.45, 2.75) is 19.8 Å². The largest absolute Gasteiger partial charge is 0.481 e. The smallest absolute Gasteiger partial charge is 0.306 e. The molecule has 2 amide bonds. The minimum Gasteiger partial charge on any atom is -0.481 e. The van der Waals surface area contributed by atoms with Crippen LogP contribution in [0.2, 0.25) is 0 Å². The van der Waals surface area contributed by atoms with Gasteiger partial charge in [-0.15, -0.1) is 0 Å². The number of anilines is 1. The molecular weight excluding hydrogens is 363 g/mol. The van der Waals surface area contributed by atoms with E-state index in [9.17, 15) is 18.8 Å². The second-order valence-corrected chi connectivity index (χ2v) is 6.92. The topological polar surface area (TPSA) is 86.7 Å². The van der Waals surface area contributed by atoms with Crippen LogP contribution in [-0.4, -0.2) is 40.9 Å². The van der Waals surface area contributed by atoms with Gasteiger partial charge in [0, 0.05) is 24.3 Å². The molecule has 3 rings (SSSR count). The zero-order valence-corrected chi connectivity index (χ0v) is 15.4. The number of carboxylic acids is 1. The Kier molecular flexibility index (Phi) is 5.73. The summed E-state index contributed by atoms with van der Waals surface area (Å²) in [6.45, 7) is 2.58. The molecule has 1 fully saturated rings. The van der Waals surface area contributed by atoms with Crippen molar-refractivity contribution in [1.29, 1.82) is 0 Å². The predicted molar refractivity (Wildman–Crippen MR) is 102 cm³/mol. The van der Waals surface area contributed by atoms with Gasteiger partial charge in [0.25, 0.3) is 11.8 Å². The zero-order valence-electron chi connectivity index (χ0n) is 15.4. The number of benzene rings is 2. The van der Waals surface area contributed by atoms with Crippen LogP contribution in [0.1, 0.15) is 39.1 Å². The lowest BCUT2D eigenvalue weighted by atomic mass is 9.96. The van der Waals surface area contributed by atoms with E-state index in [2.05, 4.69) is 5.32 Å². The molecule has 0 unspecified atom stereocenters.